The molecule has 1 aliphatic heterocycles. The third-order valence-corrected chi connectivity index (χ3v) is 8.37. The van der Waals surface area contributed by atoms with Crippen LogP contribution in [-0.4, -0.2) is 69.1 Å². The molecule has 3 N–H and O–H groups in total. The van der Waals surface area contributed by atoms with E-state index in [0.717, 1.165) is 36.8 Å². The largest absolute Gasteiger partial charge is 0.391 e. The lowest BCUT2D eigenvalue weighted by Gasteiger charge is -2.26. The first-order valence-electron chi connectivity index (χ1n) is 14.9. The van der Waals surface area contributed by atoms with Gasteiger partial charge in [-0.1, -0.05) is 45.0 Å². The number of amides is 2. The Morgan fingerprint density at radius 2 is 1.81 bits per heavy atom. The quantitative estimate of drug-likeness (QED) is 0.358. The van der Waals surface area contributed by atoms with Gasteiger partial charge >= 0.3 is 0 Å². The first kappa shape index (κ1) is 33.4. The zero-order chi connectivity index (χ0) is 30.9. The molecule has 2 aromatic rings. The van der Waals surface area contributed by atoms with Crippen molar-refractivity contribution in [2.45, 2.75) is 84.4 Å². The number of anilines is 1. The van der Waals surface area contributed by atoms with Crippen molar-refractivity contribution in [2.75, 3.05) is 23.7 Å². The molecule has 3 rings (SSSR count). The second-order valence-electron chi connectivity index (χ2n) is 11.6. The number of nitrogens with one attached hydrogen (secondary N) is 2. The fourth-order valence-electron chi connectivity index (χ4n) is 5.12. The number of hydrogen-bond donors (Lipinski definition) is 3. The zero-order valence-corrected chi connectivity index (χ0v) is 26.3. The van der Waals surface area contributed by atoms with Crippen LogP contribution in [0.2, 0.25) is 0 Å². The van der Waals surface area contributed by atoms with Gasteiger partial charge in [0.2, 0.25) is 10.0 Å². The molecule has 2 aromatic carbocycles. The van der Waals surface area contributed by atoms with Gasteiger partial charge in [0.1, 0.15) is 6.04 Å². The van der Waals surface area contributed by atoms with E-state index in [4.69, 9.17) is 0 Å². The third kappa shape index (κ3) is 10.0. The Morgan fingerprint density at radius 3 is 2.45 bits per heavy atom. The molecular formula is C32H46N4O5S. The number of carbonyl (C=O) groups excluding carboxylic acids is 2. The molecule has 0 radical (unpaired) electrons. The highest BCUT2D eigenvalue weighted by atomic mass is 32.2. The van der Waals surface area contributed by atoms with Gasteiger partial charge in [-0.3, -0.25) is 13.9 Å². The van der Waals surface area contributed by atoms with Crippen LogP contribution in [0, 0.1) is 5.92 Å². The van der Waals surface area contributed by atoms with E-state index in [1.54, 1.807) is 12.3 Å². The molecule has 0 fully saturated rings. The second-order valence-corrected chi connectivity index (χ2v) is 13.5. The van der Waals surface area contributed by atoms with E-state index in [1.807, 2.05) is 45.0 Å². The van der Waals surface area contributed by atoms with Gasteiger partial charge < -0.3 is 15.7 Å². The number of aliphatic hydroxyl groups excluding tert-OH is 1. The molecular weight excluding hydrogens is 552 g/mol. The Bertz CT molecular complexity index is 1360. The van der Waals surface area contributed by atoms with Gasteiger partial charge in [-0.15, -0.1) is 0 Å². The van der Waals surface area contributed by atoms with Crippen LogP contribution in [0.5, 0.6) is 0 Å². The third-order valence-electron chi connectivity index (χ3n) is 7.18. The highest BCUT2D eigenvalue weighted by Gasteiger charge is 2.26. The predicted octanol–water partition coefficient (Wildman–Crippen LogP) is 3.67. The Labute approximate surface area is 250 Å². The van der Waals surface area contributed by atoms with E-state index in [2.05, 4.69) is 27.8 Å². The first-order chi connectivity index (χ1) is 19.9. The summed E-state index contributed by atoms with van der Waals surface area (Å²) in [6.07, 6.45) is 6.37. The summed E-state index contributed by atoms with van der Waals surface area (Å²) in [6, 6.07) is 12.3. The van der Waals surface area contributed by atoms with Gasteiger partial charge in [-0.25, -0.2) is 13.4 Å². The summed E-state index contributed by atoms with van der Waals surface area (Å²) in [5.41, 5.74) is 4.04. The summed E-state index contributed by atoms with van der Waals surface area (Å²) in [5, 5.41) is 16.6. The standard InChI is InChI=1S/C32H46N4O5S/c1-6-14-36(42(5,40)41)29-18-26-11-8-7-10-24-12-9-13-25(15-24)17-28(35-31(38)27(16-26)19-29)21-33-30(23(4)37)32(39)34-20-22(2)3/h9,12-13,15-16,18-20,22-23,28,30,33,37H,6-8,10-11,14,17,21H2,1-5H3,(H,35,38)/t23-,28-,30+/m0/s1. The van der Waals surface area contributed by atoms with Gasteiger partial charge in [-0.2, -0.15) is 0 Å². The Kier molecular flexibility index (Phi) is 12.3. The van der Waals surface area contributed by atoms with Gasteiger partial charge in [-0.05, 0) is 86.3 Å². The summed E-state index contributed by atoms with van der Waals surface area (Å²) in [4.78, 5) is 30.4. The van der Waals surface area contributed by atoms with Crippen molar-refractivity contribution in [2.24, 2.45) is 10.9 Å². The van der Waals surface area contributed by atoms with E-state index in [-0.39, 0.29) is 18.4 Å². The summed E-state index contributed by atoms with van der Waals surface area (Å²) in [5.74, 6) is -0.714. The predicted molar refractivity (Wildman–Crippen MR) is 169 cm³/mol. The molecule has 0 aliphatic carbocycles. The molecule has 230 valence electrons. The van der Waals surface area contributed by atoms with Crippen LogP contribution in [0.4, 0.5) is 5.69 Å². The number of rotatable bonds is 10. The van der Waals surface area contributed by atoms with Crippen LogP contribution < -0.4 is 14.9 Å². The number of benzene rings is 2. The van der Waals surface area contributed by atoms with Crippen LogP contribution in [0.15, 0.2) is 47.5 Å². The summed E-state index contributed by atoms with van der Waals surface area (Å²) in [6.45, 7) is 7.81. The van der Waals surface area contributed by atoms with E-state index in [0.29, 0.717) is 30.6 Å². The smallest absolute Gasteiger partial charge is 0.265 e. The SMILES string of the molecule is CCCN(c1cc2cc(c1)C(=O)N[C@H](CN[C@@H](C(=O)N=CC(C)C)[C@H](C)O)Cc1cccc(c1)CCCC2)S(C)(=O)=O. The number of carbonyl (C=O) groups is 2. The average molecular weight is 599 g/mol. The van der Waals surface area contributed by atoms with Crippen molar-refractivity contribution in [3.63, 3.8) is 0 Å². The van der Waals surface area contributed by atoms with Gasteiger partial charge in [0.25, 0.3) is 11.8 Å². The minimum Gasteiger partial charge on any atom is -0.391 e. The van der Waals surface area contributed by atoms with E-state index < -0.39 is 34.1 Å². The van der Waals surface area contributed by atoms with Gasteiger partial charge in [0, 0.05) is 30.9 Å². The molecule has 2 amide bonds. The number of aliphatic hydroxyl groups is 1. The first-order valence-corrected chi connectivity index (χ1v) is 16.7. The molecule has 9 nitrogen and oxygen atoms in total. The van der Waals surface area contributed by atoms with Crippen molar-refractivity contribution in [1.29, 1.82) is 0 Å². The fraction of sp³-hybridized carbons (Fsp3) is 0.531. The van der Waals surface area contributed by atoms with Crippen LogP contribution >= 0.6 is 0 Å². The Morgan fingerprint density at radius 1 is 1.12 bits per heavy atom. The Balaban J connectivity index is 1.96. The van der Waals surface area contributed by atoms with Gasteiger partial charge in [0.15, 0.2) is 0 Å². The number of nitrogens with zero attached hydrogens (tertiary/aromatic N) is 2. The van der Waals surface area contributed by atoms with Crippen molar-refractivity contribution in [3.8, 4) is 0 Å². The number of aryl methyl sites for hydroxylation is 2. The van der Waals surface area contributed by atoms with E-state index >= 15 is 0 Å². The summed E-state index contributed by atoms with van der Waals surface area (Å²) < 4.78 is 26.6. The van der Waals surface area contributed by atoms with E-state index in [9.17, 15) is 23.1 Å². The lowest BCUT2D eigenvalue weighted by atomic mass is 9.97. The van der Waals surface area contributed by atoms with Crippen molar-refractivity contribution >= 4 is 33.7 Å². The van der Waals surface area contributed by atoms with Crippen LogP contribution in [-0.2, 0) is 34.1 Å². The molecule has 10 heteroatoms. The Hall–Kier alpha value is -3.08. The summed E-state index contributed by atoms with van der Waals surface area (Å²) >= 11 is 0. The van der Waals surface area contributed by atoms with Crippen LogP contribution in [0.1, 0.15) is 74.0 Å². The number of sulfonamides is 1. The second kappa shape index (κ2) is 15.4. The fourth-order valence-corrected chi connectivity index (χ4v) is 6.12. The van der Waals surface area contributed by atoms with E-state index in [1.165, 1.54) is 23.0 Å². The maximum atomic E-state index is 13.7. The zero-order valence-electron chi connectivity index (χ0n) is 25.5. The van der Waals surface area contributed by atoms with Crippen LogP contribution in [0.3, 0.4) is 0 Å². The topological polar surface area (TPSA) is 128 Å². The molecule has 42 heavy (non-hydrogen) atoms. The monoisotopic (exact) mass is 598 g/mol. The maximum Gasteiger partial charge on any atom is 0.265 e. The molecule has 0 spiro atoms. The minimum atomic E-state index is -3.54. The minimum absolute atomic E-state index is 0.0892. The lowest BCUT2D eigenvalue weighted by molar-refractivity contribution is -0.122. The number of hydrogen-bond acceptors (Lipinski definition) is 6. The molecule has 0 aromatic heterocycles. The average Bonchev–Trinajstić information content (AvgIpc) is 2.91. The molecule has 3 atom stereocenters. The molecule has 1 aliphatic rings. The van der Waals surface area contributed by atoms with Gasteiger partial charge in [0.05, 0.1) is 18.0 Å². The highest BCUT2D eigenvalue weighted by molar-refractivity contribution is 7.92. The van der Waals surface area contributed by atoms with Crippen molar-refractivity contribution < 1.29 is 23.1 Å². The molecule has 1 heterocycles. The number of fused-ring (bicyclic) bond motifs is 4. The number of aliphatic imine (C=N–C) groups is 1. The lowest BCUT2D eigenvalue weighted by Crippen LogP contribution is -2.51. The van der Waals surface area contributed by atoms with Crippen LogP contribution in [0.25, 0.3) is 0 Å². The molecule has 4 bridgehead atoms. The van der Waals surface area contributed by atoms with Crippen molar-refractivity contribution in [1.82, 2.24) is 10.6 Å². The normalized spacial score (nSPS) is 17.9. The molecule has 0 saturated heterocycles. The highest BCUT2D eigenvalue weighted by Crippen LogP contribution is 2.24. The molecule has 0 saturated carbocycles. The summed E-state index contributed by atoms with van der Waals surface area (Å²) in [7, 11) is -3.54. The maximum absolute atomic E-state index is 13.7. The van der Waals surface area contributed by atoms with Crippen molar-refractivity contribution in [3.05, 3.63) is 64.7 Å². The molecule has 0 unspecified atom stereocenters.